The predicted molar refractivity (Wildman–Crippen MR) is 89.2 cm³/mol. The highest BCUT2D eigenvalue weighted by atomic mass is 79.9. The minimum atomic E-state index is 0.480. The SMILES string of the molecule is Clc1ccc(OCCOc2cccc(Br)c2)c(CBr)c1. The summed E-state index contributed by atoms with van der Waals surface area (Å²) in [6.45, 7) is 0.967. The lowest BCUT2D eigenvalue weighted by molar-refractivity contribution is 0.216. The highest BCUT2D eigenvalue weighted by Gasteiger charge is 2.03. The van der Waals surface area contributed by atoms with Gasteiger partial charge in [-0.25, -0.2) is 0 Å². The van der Waals surface area contributed by atoms with E-state index in [1.54, 1.807) is 0 Å². The number of hydrogen-bond acceptors (Lipinski definition) is 2. The fourth-order valence-corrected chi connectivity index (χ4v) is 2.67. The molecule has 0 aliphatic heterocycles. The fourth-order valence-electron chi connectivity index (χ4n) is 1.66. The van der Waals surface area contributed by atoms with Crippen LogP contribution in [0.15, 0.2) is 46.9 Å². The van der Waals surface area contributed by atoms with E-state index in [0.717, 1.165) is 21.5 Å². The molecule has 0 N–H and O–H groups in total. The van der Waals surface area contributed by atoms with Crippen molar-refractivity contribution in [3.05, 3.63) is 57.5 Å². The van der Waals surface area contributed by atoms with Crippen molar-refractivity contribution >= 4 is 43.5 Å². The number of alkyl halides is 1. The third kappa shape index (κ3) is 4.69. The van der Waals surface area contributed by atoms with Crippen LogP contribution in [0.2, 0.25) is 5.02 Å². The van der Waals surface area contributed by atoms with E-state index < -0.39 is 0 Å². The van der Waals surface area contributed by atoms with Crippen LogP contribution < -0.4 is 9.47 Å². The molecule has 0 atom stereocenters. The summed E-state index contributed by atoms with van der Waals surface area (Å²) in [6.07, 6.45) is 0. The van der Waals surface area contributed by atoms with Crippen LogP contribution >= 0.6 is 43.5 Å². The minimum absolute atomic E-state index is 0.480. The third-order valence-corrected chi connectivity index (χ3v) is 3.90. The second-order valence-electron chi connectivity index (χ2n) is 4.04. The van der Waals surface area contributed by atoms with Gasteiger partial charge in [-0.3, -0.25) is 0 Å². The van der Waals surface area contributed by atoms with Crippen LogP contribution in [0.25, 0.3) is 0 Å². The highest BCUT2D eigenvalue weighted by Crippen LogP contribution is 2.25. The number of benzene rings is 2. The van der Waals surface area contributed by atoms with Crippen LogP contribution in [-0.2, 0) is 5.33 Å². The summed E-state index contributed by atoms with van der Waals surface area (Å²) < 4.78 is 12.3. The first-order chi connectivity index (χ1) is 9.69. The molecule has 0 saturated carbocycles. The molecule has 2 nitrogen and oxygen atoms in total. The van der Waals surface area contributed by atoms with Gasteiger partial charge in [0, 0.05) is 20.4 Å². The molecule has 0 spiro atoms. The van der Waals surface area contributed by atoms with Crippen LogP contribution in [0.5, 0.6) is 11.5 Å². The molecule has 0 bridgehead atoms. The Labute approximate surface area is 140 Å². The summed E-state index contributed by atoms with van der Waals surface area (Å²) in [5, 5.41) is 1.41. The van der Waals surface area contributed by atoms with Crippen LogP contribution in [0, 0.1) is 0 Å². The zero-order valence-electron chi connectivity index (χ0n) is 10.6. The van der Waals surface area contributed by atoms with Crippen LogP contribution in [-0.4, -0.2) is 13.2 Å². The topological polar surface area (TPSA) is 18.5 Å². The Bertz CT molecular complexity index is 576. The zero-order valence-corrected chi connectivity index (χ0v) is 14.5. The lowest BCUT2D eigenvalue weighted by atomic mass is 10.2. The fraction of sp³-hybridized carbons (Fsp3) is 0.200. The second-order valence-corrected chi connectivity index (χ2v) is 5.95. The smallest absolute Gasteiger partial charge is 0.123 e. The Kier molecular flexibility index (Phi) is 6.20. The maximum atomic E-state index is 5.95. The number of rotatable bonds is 6. The first kappa shape index (κ1) is 15.7. The van der Waals surface area contributed by atoms with Crippen molar-refractivity contribution in [1.29, 1.82) is 0 Å². The van der Waals surface area contributed by atoms with Crippen molar-refractivity contribution < 1.29 is 9.47 Å². The Hall–Kier alpha value is -0.710. The Morgan fingerprint density at radius 3 is 2.55 bits per heavy atom. The van der Waals surface area contributed by atoms with E-state index in [2.05, 4.69) is 31.9 Å². The molecule has 2 aromatic carbocycles. The van der Waals surface area contributed by atoms with Crippen molar-refractivity contribution in [2.75, 3.05) is 13.2 Å². The molecule has 0 radical (unpaired) electrons. The molecule has 0 unspecified atom stereocenters. The summed E-state index contributed by atoms with van der Waals surface area (Å²) >= 11 is 12.8. The molecule has 2 rings (SSSR count). The Balaban J connectivity index is 1.84. The molecule has 5 heteroatoms. The number of halogens is 3. The van der Waals surface area contributed by atoms with E-state index in [-0.39, 0.29) is 0 Å². The van der Waals surface area contributed by atoms with Gasteiger partial charge in [0.2, 0.25) is 0 Å². The standard InChI is InChI=1S/C15H13Br2ClO2/c16-10-11-8-13(18)4-5-15(11)20-7-6-19-14-3-1-2-12(17)9-14/h1-5,8-9H,6-7,10H2. The van der Waals surface area contributed by atoms with Gasteiger partial charge in [0.15, 0.2) is 0 Å². The number of ether oxygens (including phenoxy) is 2. The van der Waals surface area contributed by atoms with E-state index in [1.165, 1.54) is 0 Å². The van der Waals surface area contributed by atoms with Gasteiger partial charge in [-0.05, 0) is 36.4 Å². The normalized spacial score (nSPS) is 10.3. The average molecular weight is 421 g/mol. The number of hydrogen-bond donors (Lipinski definition) is 0. The van der Waals surface area contributed by atoms with Gasteiger partial charge < -0.3 is 9.47 Å². The van der Waals surface area contributed by atoms with Crippen molar-refractivity contribution in [2.24, 2.45) is 0 Å². The Morgan fingerprint density at radius 1 is 1.00 bits per heavy atom. The summed E-state index contributed by atoms with van der Waals surface area (Å²) in [6, 6.07) is 13.3. The van der Waals surface area contributed by atoms with Crippen molar-refractivity contribution in [3.63, 3.8) is 0 Å². The molecule has 0 aromatic heterocycles. The van der Waals surface area contributed by atoms with Crippen LogP contribution in [0.4, 0.5) is 0 Å². The summed E-state index contributed by atoms with van der Waals surface area (Å²) in [4.78, 5) is 0. The van der Waals surface area contributed by atoms with E-state index in [4.69, 9.17) is 21.1 Å². The van der Waals surface area contributed by atoms with Gasteiger partial charge in [-0.2, -0.15) is 0 Å². The van der Waals surface area contributed by atoms with Crippen LogP contribution in [0.3, 0.4) is 0 Å². The van der Waals surface area contributed by atoms with Gasteiger partial charge in [0.05, 0.1) is 0 Å². The quantitative estimate of drug-likeness (QED) is 0.457. The summed E-state index contributed by atoms with van der Waals surface area (Å²) in [5.41, 5.74) is 1.03. The third-order valence-electron chi connectivity index (χ3n) is 2.57. The maximum absolute atomic E-state index is 5.95. The van der Waals surface area contributed by atoms with E-state index in [0.29, 0.717) is 23.6 Å². The van der Waals surface area contributed by atoms with E-state index >= 15 is 0 Å². The first-order valence-electron chi connectivity index (χ1n) is 6.04. The van der Waals surface area contributed by atoms with Gasteiger partial charge in [0.1, 0.15) is 24.7 Å². The minimum Gasteiger partial charge on any atom is -0.490 e. The van der Waals surface area contributed by atoms with E-state index in [1.807, 2.05) is 42.5 Å². The van der Waals surface area contributed by atoms with Gasteiger partial charge in [0.25, 0.3) is 0 Å². The van der Waals surface area contributed by atoms with Gasteiger partial charge in [-0.15, -0.1) is 0 Å². The summed E-state index contributed by atoms with van der Waals surface area (Å²) in [7, 11) is 0. The first-order valence-corrected chi connectivity index (χ1v) is 8.34. The zero-order chi connectivity index (χ0) is 14.4. The monoisotopic (exact) mass is 418 g/mol. The predicted octanol–water partition coefficient (Wildman–Crippen LogP) is 5.46. The second kappa shape index (κ2) is 7.91. The molecule has 0 aliphatic rings. The van der Waals surface area contributed by atoms with Gasteiger partial charge >= 0.3 is 0 Å². The maximum Gasteiger partial charge on any atom is 0.123 e. The molecule has 0 heterocycles. The van der Waals surface area contributed by atoms with Crippen molar-refractivity contribution in [3.8, 4) is 11.5 Å². The van der Waals surface area contributed by atoms with Crippen molar-refractivity contribution in [1.82, 2.24) is 0 Å². The largest absolute Gasteiger partial charge is 0.490 e. The van der Waals surface area contributed by atoms with E-state index in [9.17, 15) is 0 Å². The molecule has 2 aromatic rings. The molecule has 0 saturated heterocycles. The Morgan fingerprint density at radius 2 is 1.80 bits per heavy atom. The molecular weight excluding hydrogens is 407 g/mol. The molecule has 20 heavy (non-hydrogen) atoms. The van der Waals surface area contributed by atoms with Gasteiger partial charge in [-0.1, -0.05) is 49.5 Å². The average Bonchev–Trinajstić information content (AvgIpc) is 2.45. The molecular formula is C15H13Br2ClO2. The molecule has 0 amide bonds. The highest BCUT2D eigenvalue weighted by molar-refractivity contribution is 9.10. The molecule has 0 aliphatic carbocycles. The summed E-state index contributed by atoms with van der Waals surface area (Å²) in [5.74, 6) is 1.64. The lowest BCUT2D eigenvalue weighted by Crippen LogP contribution is -2.09. The van der Waals surface area contributed by atoms with Crippen LogP contribution in [0.1, 0.15) is 5.56 Å². The molecule has 106 valence electrons. The lowest BCUT2D eigenvalue weighted by Gasteiger charge is -2.11. The molecule has 0 fully saturated rings. The van der Waals surface area contributed by atoms with Crippen molar-refractivity contribution in [2.45, 2.75) is 5.33 Å².